The molecule has 3 aliphatic rings. The molecule has 4 atom stereocenters. The number of rotatable bonds is 3. The number of hydrogen-bond acceptors (Lipinski definition) is 5. The first-order valence-electron chi connectivity index (χ1n) is 8.99. The van der Waals surface area contributed by atoms with Crippen LogP contribution in [0.15, 0.2) is 60.7 Å². The molecule has 0 N–H and O–H groups in total. The fraction of sp³-hybridized carbons (Fsp3) is 0.238. The SMILES string of the molecule is C[C@@]12C=C[C@@H](O1)[C@H]1C(=O)N(c3ccc(-c4ccc([N+](=O)[O-])cc4)cc3)C(=O)[C@H]12. The van der Waals surface area contributed by atoms with Crippen molar-refractivity contribution >= 4 is 23.2 Å². The zero-order chi connectivity index (χ0) is 19.6. The highest BCUT2D eigenvalue weighted by molar-refractivity contribution is 6.23. The lowest BCUT2D eigenvalue weighted by molar-refractivity contribution is -0.384. The van der Waals surface area contributed by atoms with Gasteiger partial charge in [0.25, 0.3) is 5.69 Å². The highest BCUT2D eigenvalue weighted by Gasteiger charge is 2.65. The van der Waals surface area contributed by atoms with Crippen LogP contribution in [0.2, 0.25) is 0 Å². The number of hydrogen-bond donors (Lipinski definition) is 0. The second-order valence-corrected chi connectivity index (χ2v) is 7.49. The van der Waals surface area contributed by atoms with E-state index >= 15 is 0 Å². The maximum Gasteiger partial charge on any atom is 0.269 e. The summed E-state index contributed by atoms with van der Waals surface area (Å²) >= 11 is 0. The third-order valence-corrected chi connectivity index (χ3v) is 5.87. The normalized spacial score (nSPS) is 30.2. The number of anilines is 1. The molecule has 5 rings (SSSR count). The van der Waals surface area contributed by atoms with Crippen LogP contribution in [-0.4, -0.2) is 28.4 Å². The van der Waals surface area contributed by atoms with Crippen LogP contribution in [0.4, 0.5) is 11.4 Å². The Morgan fingerprint density at radius 3 is 2.18 bits per heavy atom. The Bertz CT molecular complexity index is 1040. The third kappa shape index (κ3) is 2.20. The average Bonchev–Trinajstić information content (AvgIpc) is 3.30. The number of benzene rings is 2. The van der Waals surface area contributed by atoms with Crippen LogP contribution < -0.4 is 4.90 Å². The highest BCUT2D eigenvalue weighted by atomic mass is 16.6. The van der Waals surface area contributed by atoms with E-state index in [9.17, 15) is 19.7 Å². The van der Waals surface area contributed by atoms with Gasteiger partial charge in [0.05, 0.1) is 34.2 Å². The lowest BCUT2D eigenvalue weighted by atomic mass is 9.78. The van der Waals surface area contributed by atoms with Gasteiger partial charge in [0.15, 0.2) is 0 Å². The summed E-state index contributed by atoms with van der Waals surface area (Å²) < 4.78 is 5.83. The van der Waals surface area contributed by atoms with Crippen molar-refractivity contribution in [1.29, 1.82) is 0 Å². The van der Waals surface area contributed by atoms with Gasteiger partial charge in [0.1, 0.15) is 0 Å². The van der Waals surface area contributed by atoms with Crippen LogP contribution in [-0.2, 0) is 14.3 Å². The van der Waals surface area contributed by atoms with Gasteiger partial charge in [0.2, 0.25) is 11.8 Å². The Morgan fingerprint density at radius 1 is 1.00 bits per heavy atom. The van der Waals surface area contributed by atoms with E-state index in [1.807, 2.05) is 19.1 Å². The standard InChI is InChI=1S/C21H16N2O5/c1-21-11-10-16(28-21)17-18(21)20(25)22(19(17)24)14-6-2-12(3-7-14)13-4-8-15(9-5-13)23(26)27/h2-11,16-18H,1H3/t16-,17-,18+,21+/m1/s1. The lowest BCUT2D eigenvalue weighted by Crippen LogP contribution is -2.38. The number of nitro benzene ring substituents is 1. The van der Waals surface area contributed by atoms with Gasteiger partial charge in [-0.2, -0.15) is 0 Å². The number of non-ortho nitro benzene ring substituents is 1. The molecule has 28 heavy (non-hydrogen) atoms. The minimum absolute atomic E-state index is 0.0270. The van der Waals surface area contributed by atoms with Crippen LogP contribution in [0.1, 0.15) is 6.92 Å². The van der Waals surface area contributed by atoms with Gasteiger partial charge in [0, 0.05) is 12.1 Å². The van der Waals surface area contributed by atoms with E-state index in [0.717, 1.165) is 11.1 Å². The second kappa shape index (κ2) is 5.59. The number of nitrogens with zero attached hydrogens (tertiary/aromatic N) is 2. The molecule has 2 aromatic rings. The summed E-state index contributed by atoms with van der Waals surface area (Å²) in [6.07, 6.45) is 3.41. The molecule has 0 aliphatic carbocycles. The van der Waals surface area contributed by atoms with E-state index in [1.54, 1.807) is 36.4 Å². The molecule has 7 nitrogen and oxygen atoms in total. The van der Waals surface area contributed by atoms with Crippen LogP contribution in [0.25, 0.3) is 11.1 Å². The summed E-state index contributed by atoms with van der Waals surface area (Å²) in [5.74, 6) is -1.40. The molecule has 140 valence electrons. The van der Waals surface area contributed by atoms with Gasteiger partial charge in [-0.3, -0.25) is 19.7 Å². The van der Waals surface area contributed by atoms with Crippen molar-refractivity contribution in [1.82, 2.24) is 0 Å². The lowest BCUT2D eigenvalue weighted by Gasteiger charge is -2.24. The molecule has 3 heterocycles. The van der Waals surface area contributed by atoms with Crippen molar-refractivity contribution in [3.05, 3.63) is 70.8 Å². The first-order chi connectivity index (χ1) is 13.4. The maximum atomic E-state index is 13.0. The van der Waals surface area contributed by atoms with E-state index in [4.69, 9.17) is 4.74 Å². The number of fused-ring (bicyclic) bond motifs is 5. The maximum absolute atomic E-state index is 13.0. The minimum atomic E-state index is -0.713. The first-order valence-corrected chi connectivity index (χ1v) is 8.99. The Kier molecular flexibility index (Phi) is 3.36. The predicted octanol–water partition coefficient (Wildman–Crippen LogP) is 3.09. The fourth-order valence-corrected chi connectivity index (χ4v) is 4.49. The summed E-state index contributed by atoms with van der Waals surface area (Å²) in [6, 6.07) is 13.3. The van der Waals surface area contributed by atoms with Crippen LogP contribution in [0.3, 0.4) is 0 Å². The summed E-state index contributed by atoms with van der Waals surface area (Å²) in [6.45, 7) is 1.85. The number of amides is 2. The van der Waals surface area contributed by atoms with Crippen molar-refractivity contribution in [3.8, 4) is 11.1 Å². The second-order valence-electron chi connectivity index (χ2n) is 7.49. The zero-order valence-corrected chi connectivity index (χ0v) is 14.9. The molecule has 2 saturated heterocycles. The van der Waals surface area contributed by atoms with Gasteiger partial charge >= 0.3 is 0 Å². The van der Waals surface area contributed by atoms with Crippen LogP contribution >= 0.6 is 0 Å². The van der Waals surface area contributed by atoms with E-state index in [2.05, 4.69) is 0 Å². The van der Waals surface area contributed by atoms with Crippen molar-refractivity contribution in [3.63, 3.8) is 0 Å². The molecule has 0 unspecified atom stereocenters. The highest BCUT2D eigenvalue weighted by Crippen LogP contribution is 2.52. The van der Waals surface area contributed by atoms with Gasteiger partial charge in [-0.1, -0.05) is 24.3 Å². The molecule has 3 aliphatic heterocycles. The molecule has 0 radical (unpaired) electrons. The predicted molar refractivity (Wildman–Crippen MR) is 100 cm³/mol. The smallest absolute Gasteiger partial charge is 0.269 e. The molecule has 0 aromatic heterocycles. The third-order valence-electron chi connectivity index (χ3n) is 5.87. The Labute approximate surface area is 160 Å². The van der Waals surface area contributed by atoms with Crippen molar-refractivity contribution in [2.24, 2.45) is 11.8 Å². The van der Waals surface area contributed by atoms with Crippen LogP contribution in [0.5, 0.6) is 0 Å². The van der Waals surface area contributed by atoms with E-state index in [-0.39, 0.29) is 23.6 Å². The molecule has 2 fully saturated rings. The molecule has 0 spiro atoms. The van der Waals surface area contributed by atoms with Crippen molar-refractivity contribution < 1.29 is 19.2 Å². The molecule has 0 saturated carbocycles. The van der Waals surface area contributed by atoms with E-state index < -0.39 is 22.4 Å². The largest absolute Gasteiger partial charge is 0.362 e. The summed E-state index contributed by atoms with van der Waals surface area (Å²) in [7, 11) is 0. The topological polar surface area (TPSA) is 89.8 Å². The number of imide groups is 1. The Hall–Kier alpha value is -3.32. The summed E-state index contributed by atoms with van der Waals surface area (Å²) in [5, 5.41) is 10.8. The molecule has 2 aromatic carbocycles. The van der Waals surface area contributed by atoms with Crippen molar-refractivity contribution in [2.45, 2.75) is 18.6 Å². The quantitative estimate of drug-likeness (QED) is 0.355. The molecule has 7 heteroatoms. The number of nitro groups is 1. The Balaban J connectivity index is 1.43. The monoisotopic (exact) mass is 376 g/mol. The van der Waals surface area contributed by atoms with Gasteiger partial charge in [-0.25, -0.2) is 4.90 Å². The summed E-state index contributed by atoms with van der Waals surface area (Å²) in [4.78, 5) is 37.5. The Morgan fingerprint density at radius 2 is 1.61 bits per heavy atom. The van der Waals surface area contributed by atoms with Gasteiger partial charge in [-0.05, 0) is 42.3 Å². The number of carbonyl (C=O) groups excluding carboxylic acids is 2. The molecule has 2 bridgehead atoms. The zero-order valence-electron chi connectivity index (χ0n) is 14.9. The minimum Gasteiger partial charge on any atom is -0.362 e. The van der Waals surface area contributed by atoms with Crippen molar-refractivity contribution in [2.75, 3.05) is 4.90 Å². The number of carbonyl (C=O) groups is 2. The fourth-order valence-electron chi connectivity index (χ4n) is 4.49. The van der Waals surface area contributed by atoms with Crippen LogP contribution in [0, 0.1) is 22.0 Å². The van der Waals surface area contributed by atoms with E-state index in [1.165, 1.54) is 17.0 Å². The van der Waals surface area contributed by atoms with Gasteiger partial charge in [-0.15, -0.1) is 0 Å². The van der Waals surface area contributed by atoms with E-state index in [0.29, 0.717) is 5.69 Å². The summed E-state index contributed by atoms with van der Waals surface area (Å²) in [5.41, 5.74) is 1.50. The first kappa shape index (κ1) is 16.8. The van der Waals surface area contributed by atoms with Gasteiger partial charge < -0.3 is 4.74 Å². The average molecular weight is 376 g/mol. The number of ether oxygens (including phenoxy) is 1. The molecular formula is C21H16N2O5. The molecule has 2 amide bonds. The molecular weight excluding hydrogens is 360 g/mol.